The summed E-state index contributed by atoms with van der Waals surface area (Å²) in [6, 6.07) is 4.66. The van der Waals surface area contributed by atoms with Gasteiger partial charge < -0.3 is 9.64 Å². The van der Waals surface area contributed by atoms with Crippen molar-refractivity contribution in [2.45, 2.75) is 23.3 Å². The number of anilines is 2. The molecule has 0 spiro atoms. The number of halogens is 2. The summed E-state index contributed by atoms with van der Waals surface area (Å²) < 4.78 is 19.7. The number of hydrogen-bond acceptors (Lipinski definition) is 6. The van der Waals surface area contributed by atoms with Gasteiger partial charge in [-0.3, -0.25) is 4.90 Å². The minimum Gasteiger partial charge on any atom is -0.347 e. The average molecular weight is 381 g/mol. The number of rotatable bonds is 5. The highest BCUT2D eigenvalue weighted by Gasteiger charge is 2.34. The molecule has 1 fully saturated rings. The quantitative estimate of drug-likeness (QED) is 0.783. The second-order valence-corrected chi connectivity index (χ2v) is 7.51. The van der Waals surface area contributed by atoms with E-state index in [4.69, 9.17) is 16.3 Å². The smallest absolute Gasteiger partial charge is 0.188 e. The van der Waals surface area contributed by atoms with Gasteiger partial charge in [-0.25, -0.2) is 14.4 Å². The minimum atomic E-state index is -0.438. The number of likely N-dealkylation sites (tertiary alicyclic amines) is 1. The van der Waals surface area contributed by atoms with Crippen molar-refractivity contribution >= 4 is 34.9 Å². The molecule has 0 saturated carbocycles. The van der Waals surface area contributed by atoms with Crippen molar-refractivity contribution in [3.63, 3.8) is 0 Å². The highest BCUT2D eigenvalue weighted by molar-refractivity contribution is 8.00. The minimum absolute atomic E-state index is 0.0841. The molecule has 4 rings (SSSR count). The largest absolute Gasteiger partial charge is 0.347 e. The van der Waals surface area contributed by atoms with Crippen molar-refractivity contribution in [3.05, 3.63) is 41.6 Å². The lowest BCUT2D eigenvalue weighted by molar-refractivity contribution is 0.0971. The van der Waals surface area contributed by atoms with Crippen LogP contribution in [-0.4, -0.2) is 46.7 Å². The molecular weight excluding hydrogens is 363 g/mol. The van der Waals surface area contributed by atoms with Crippen molar-refractivity contribution in [1.29, 1.82) is 0 Å². The van der Waals surface area contributed by atoms with E-state index < -0.39 is 5.82 Å². The van der Waals surface area contributed by atoms with Gasteiger partial charge in [-0.2, -0.15) is 0 Å². The van der Waals surface area contributed by atoms with Crippen LogP contribution in [0.1, 0.15) is 12.8 Å². The second kappa shape index (κ2) is 7.45. The Kier molecular flexibility index (Phi) is 5.08. The fraction of sp³-hybridized carbons (Fsp3) is 0.412. The van der Waals surface area contributed by atoms with Crippen LogP contribution in [0.4, 0.5) is 15.9 Å². The van der Waals surface area contributed by atoms with Gasteiger partial charge >= 0.3 is 0 Å². The summed E-state index contributed by atoms with van der Waals surface area (Å²) in [5.74, 6) is 0.320. The molecule has 132 valence electrons. The van der Waals surface area contributed by atoms with Gasteiger partial charge in [0.25, 0.3) is 0 Å². The Hall–Kier alpha value is -1.41. The van der Waals surface area contributed by atoms with E-state index >= 15 is 0 Å². The lowest BCUT2D eigenvalue weighted by atomic mass is 10.3. The Morgan fingerprint density at radius 3 is 2.96 bits per heavy atom. The molecule has 2 aromatic rings. The summed E-state index contributed by atoms with van der Waals surface area (Å²) in [5, 5.41) is 0.0841. The van der Waals surface area contributed by atoms with Gasteiger partial charge in [0.15, 0.2) is 11.4 Å². The Balaban J connectivity index is 1.53. The molecule has 1 saturated heterocycles. The predicted molar refractivity (Wildman–Crippen MR) is 96.9 cm³/mol. The number of benzene rings is 1. The van der Waals surface area contributed by atoms with E-state index in [1.807, 2.05) is 4.90 Å². The average Bonchev–Trinajstić information content (AvgIpc) is 3.25. The first kappa shape index (κ1) is 17.0. The SMILES string of the molecule is Fc1ccc(N2c3ncncc3SC2OCCN2CCCC2)cc1Cl. The first-order chi connectivity index (χ1) is 12.2. The Morgan fingerprint density at radius 1 is 1.32 bits per heavy atom. The van der Waals surface area contributed by atoms with Gasteiger partial charge in [0.05, 0.1) is 16.5 Å². The maximum absolute atomic E-state index is 13.5. The van der Waals surface area contributed by atoms with Gasteiger partial charge in [0.1, 0.15) is 12.1 Å². The van der Waals surface area contributed by atoms with Gasteiger partial charge in [-0.15, -0.1) is 0 Å². The molecule has 0 amide bonds. The first-order valence-electron chi connectivity index (χ1n) is 8.27. The van der Waals surface area contributed by atoms with Crippen LogP contribution in [0, 0.1) is 5.82 Å². The van der Waals surface area contributed by atoms with Crippen molar-refractivity contribution in [2.75, 3.05) is 31.1 Å². The fourth-order valence-electron chi connectivity index (χ4n) is 3.11. The number of ether oxygens (including phenoxy) is 1. The van der Waals surface area contributed by atoms with Crippen LogP contribution < -0.4 is 4.90 Å². The molecule has 1 unspecified atom stereocenters. The van der Waals surface area contributed by atoms with E-state index in [1.165, 1.54) is 25.2 Å². The van der Waals surface area contributed by atoms with Gasteiger partial charge in [0.2, 0.25) is 0 Å². The molecule has 1 atom stereocenters. The summed E-state index contributed by atoms with van der Waals surface area (Å²) in [6.07, 6.45) is 5.80. The van der Waals surface area contributed by atoms with Gasteiger partial charge in [0, 0.05) is 18.4 Å². The molecule has 5 nitrogen and oxygen atoms in total. The molecule has 0 bridgehead atoms. The third-order valence-electron chi connectivity index (χ3n) is 4.37. The molecular formula is C17H18ClFN4OS. The normalized spacial score (nSPS) is 20.2. The lowest BCUT2D eigenvalue weighted by Gasteiger charge is -2.26. The van der Waals surface area contributed by atoms with E-state index in [9.17, 15) is 4.39 Å². The van der Waals surface area contributed by atoms with Crippen LogP contribution >= 0.6 is 23.4 Å². The Morgan fingerprint density at radius 2 is 2.16 bits per heavy atom. The third kappa shape index (κ3) is 3.60. The summed E-state index contributed by atoms with van der Waals surface area (Å²) in [7, 11) is 0. The number of thioether (sulfide) groups is 1. The molecule has 1 aromatic heterocycles. The molecule has 8 heteroatoms. The number of aromatic nitrogens is 2. The number of fused-ring (bicyclic) bond motifs is 1. The summed E-state index contributed by atoms with van der Waals surface area (Å²) in [6.45, 7) is 3.83. The summed E-state index contributed by atoms with van der Waals surface area (Å²) >= 11 is 7.52. The van der Waals surface area contributed by atoms with Crippen molar-refractivity contribution in [2.24, 2.45) is 0 Å². The zero-order chi connectivity index (χ0) is 17.2. The van der Waals surface area contributed by atoms with Crippen LogP contribution in [0.3, 0.4) is 0 Å². The van der Waals surface area contributed by atoms with E-state index in [-0.39, 0.29) is 10.6 Å². The number of hydrogen-bond donors (Lipinski definition) is 0. The summed E-state index contributed by atoms with van der Waals surface area (Å²) in [4.78, 5) is 13.7. The summed E-state index contributed by atoms with van der Waals surface area (Å²) in [5.41, 5.74) is 0.485. The molecule has 0 radical (unpaired) electrons. The Labute approximate surface area is 155 Å². The lowest BCUT2D eigenvalue weighted by Crippen LogP contribution is -2.31. The van der Waals surface area contributed by atoms with Gasteiger partial charge in [-0.05, 0) is 44.1 Å². The maximum Gasteiger partial charge on any atom is 0.188 e. The monoisotopic (exact) mass is 380 g/mol. The van der Waals surface area contributed by atoms with Crippen molar-refractivity contribution in [3.8, 4) is 0 Å². The molecule has 2 aliphatic heterocycles. The molecule has 0 N–H and O–H groups in total. The second-order valence-electron chi connectivity index (χ2n) is 6.02. The maximum atomic E-state index is 13.5. The van der Waals surface area contributed by atoms with Gasteiger partial charge in [-0.1, -0.05) is 23.4 Å². The molecule has 2 aliphatic rings. The predicted octanol–water partition coefficient (Wildman–Crippen LogP) is 3.91. The number of nitrogens with zero attached hydrogens (tertiary/aromatic N) is 4. The highest BCUT2D eigenvalue weighted by atomic mass is 35.5. The van der Waals surface area contributed by atoms with Crippen LogP contribution in [0.5, 0.6) is 0 Å². The van der Waals surface area contributed by atoms with Crippen LogP contribution in [0.2, 0.25) is 5.02 Å². The zero-order valence-corrected chi connectivity index (χ0v) is 15.1. The first-order valence-corrected chi connectivity index (χ1v) is 9.53. The van der Waals surface area contributed by atoms with E-state index in [0.29, 0.717) is 6.61 Å². The van der Waals surface area contributed by atoms with Crippen LogP contribution in [0.15, 0.2) is 35.6 Å². The standard InChI is InChI=1S/C17H18ClFN4OS/c18-13-9-12(3-4-14(13)19)23-16-15(10-20-11-21-16)25-17(23)24-8-7-22-5-1-2-6-22/h3-4,9-11,17H,1-2,5-8H2. The van der Waals surface area contributed by atoms with E-state index in [2.05, 4.69) is 14.9 Å². The molecule has 3 heterocycles. The topological polar surface area (TPSA) is 41.5 Å². The highest BCUT2D eigenvalue weighted by Crippen LogP contribution is 2.46. The zero-order valence-electron chi connectivity index (χ0n) is 13.6. The van der Waals surface area contributed by atoms with Crippen LogP contribution in [0.25, 0.3) is 0 Å². The van der Waals surface area contributed by atoms with Crippen molar-refractivity contribution in [1.82, 2.24) is 14.9 Å². The van der Waals surface area contributed by atoms with E-state index in [1.54, 1.807) is 30.1 Å². The molecule has 1 aromatic carbocycles. The van der Waals surface area contributed by atoms with E-state index in [0.717, 1.165) is 36.0 Å². The Bertz CT molecular complexity index is 759. The van der Waals surface area contributed by atoms with Crippen molar-refractivity contribution < 1.29 is 9.13 Å². The molecule has 25 heavy (non-hydrogen) atoms. The third-order valence-corrected chi connectivity index (χ3v) is 5.75. The fourth-order valence-corrected chi connectivity index (χ4v) is 4.37. The van der Waals surface area contributed by atoms with Crippen LogP contribution in [-0.2, 0) is 4.74 Å². The molecule has 0 aliphatic carbocycles.